The predicted octanol–water partition coefficient (Wildman–Crippen LogP) is 3.37. The molecule has 0 saturated heterocycles. The molecule has 0 aromatic heterocycles. The van der Waals surface area contributed by atoms with Crippen molar-refractivity contribution in [1.29, 1.82) is 0 Å². The predicted molar refractivity (Wildman–Crippen MR) is 57.7 cm³/mol. The minimum absolute atomic E-state index is 0. The summed E-state index contributed by atoms with van der Waals surface area (Å²) in [5.41, 5.74) is 0. The Bertz CT molecular complexity index is 109. The second-order valence-electron chi connectivity index (χ2n) is 1.27. The van der Waals surface area contributed by atoms with E-state index in [9.17, 15) is 0 Å². The van der Waals surface area contributed by atoms with Crippen LogP contribution in [-0.4, -0.2) is 7.05 Å². The second kappa shape index (κ2) is 39.4. The molecule has 0 atom stereocenters. The molecule has 0 rings (SSSR count). The number of hydrogen-bond acceptors (Lipinski definition) is 1. The number of hydrogen-bond donors (Lipinski definition) is 1. The van der Waals surface area contributed by atoms with Crippen LogP contribution in [0.5, 0.6) is 0 Å². The summed E-state index contributed by atoms with van der Waals surface area (Å²) in [6, 6.07) is 0. The molecule has 0 aliphatic rings. The molecule has 0 fully saturated rings. The zero-order valence-corrected chi connectivity index (χ0v) is 11.8. The summed E-state index contributed by atoms with van der Waals surface area (Å²) in [6.45, 7) is 3.52. The normalized spacial score (nSPS) is 6.54. The molecule has 3 heteroatoms. The fourth-order valence-electron chi connectivity index (χ4n) is 0.294. The largest absolute Gasteiger partial charge is 0.394 e. The number of nitrogens with one attached hydrogen (secondary N) is 1. The Kier molecular flexibility index (Phi) is 114. The van der Waals surface area contributed by atoms with E-state index in [1.807, 2.05) is 31.5 Å². The summed E-state index contributed by atoms with van der Waals surface area (Å²) < 4.78 is 0. The molecule has 13 heavy (non-hydrogen) atoms. The topological polar surface area (TPSA) is 12.0 Å². The third-order valence-corrected chi connectivity index (χ3v) is 0.621. The molecule has 0 saturated carbocycles. The average Bonchev–Trinajstić information content (AvgIpc) is 1.81. The van der Waals surface area contributed by atoms with E-state index in [2.05, 4.69) is 11.9 Å². The molecule has 0 heterocycles. The van der Waals surface area contributed by atoms with Gasteiger partial charge in [0.25, 0.3) is 0 Å². The monoisotopic (exact) mass is 525 g/mol. The third kappa shape index (κ3) is 46.0. The fraction of sp³-hybridized carbons (Fsp3) is 0.400. The SMILES string of the molecule is C.C.C.C=CC=CC=CNC.[W].[W]. The van der Waals surface area contributed by atoms with Crippen LogP contribution in [0.15, 0.2) is 37.1 Å². The van der Waals surface area contributed by atoms with Gasteiger partial charge in [0.15, 0.2) is 0 Å². The Morgan fingerprint density at radius 1 is 0.923 bits per heavy atom. The molecule has 0 aromatic carbocycles. The first-order valence-corrected chi connectivity index (χ1v) is 2.53. The molecule has 0 radical (unpaired) electrons. The third-order valence-electron chi connectivity index (χ3n) is 0.621. The maximum Gasteiger partial charge on any atom is 0.00277 e. The molecule has 0 bridgehead atoms. The number of allylic oxidation sites excluding steroid dienone is 4. The van der Waals surface area contributed by atoms with Crippen LogP contribution in [0.2, 0.25) is 0 Å². The second-order valence-corrected chi connectivity index (χ2v) is 1.27. The van der Waals surface area contributed by atoms with Gasteiger partial charge < -0.3 is 5.32 Å². The van der Waals surface area contributed by atoms with E-state index >= 15 is 0 Å². The summed E-state index contributed by atoms with van der Waals surface area (Å²) >= 11 is 0. The molecule has 0 aromatic rings. The van der Waals surface area contributed by atoms with Crippen LogP contribution in [0, 0.1) is 0 Å². The van der Waals surface area contributed by atoms with Gasteiger partial charge in [0, 0.05) is 49.2 Å². The van der Waals surface area contributed by atoms with Crippen LogP contribution in [-0.2, 0) is 42.1 Å². The van der Waals surface area contributed by atoms with Gasteiger partial charge in [-0.3, -0.25) is 0 Å². The van der Waals surface area contributed by atoms with Gasteiger partial charge in [-0.2, -0.15) is 0 Å². The van der Waals surface area contributed by atoms with Crippen LogP contribution in [0.25, 0.3) is 0 Å². The molecule has 0 spiro atoms. The van der Waals surface area contributed by atoms with E-state index in [1.165, 1.54) is 0 Å². The van der Waals surface area contributed by atoms with Crippen molar-refractivity contribution >= 4 is 0 Å². The smallest absolute Gasteiger partial charge is 0.00277 e. The van der Waals surface area contributed by atoms with E-state index in [4.69, 9.17) is 0 Å². The molecule has 0 amide bonds. The van der Waals surface area contributed by atoms with Gasteiger partial charge in [-0.25, -0.2) is 0 Å². The van der Waals surface area contributed by atoms with Crippen molar-refractivity contribution in [2.45, 2.75) is 22.3 Å². The van der Waals surface area contributed by atoms with Crippen LogP contribution < -0.4 is 5.32 Å². The first-order chi connectivity index (χ1) is 3.91. The van der Waals surface area contributed by atoms with Gasteiger partial charge >= 0.3 is 0 Å². The van der Waals surface area contributed by atoms with E-state index < -0.39 is 0 Å². The van der Waals surface area contributed by atoms with Gasteiger partial charge in [0.2, 0.25) is 0 Å². The van der Waals surface area contributed by atoms with Crippen molar-refractivity contribution in [2.24, 2.45) is 0 Å². The van der Waals surface area contributed by atoms with E-state index in [0.29, 0.717) is 0 Å². The molecule has 80 valence electrons. The Balaban J connectivity index is -0.0000000245. The molecule has 0 aliphatic heterocycles. The Morgan fingerprint density at radius 2 is 1.38 bits per heavy atom. The molecule has 1 N–H and O–H groups in total. The molecule has 0 unspecified atom stereocenters. The minimum atomic E-state index is 0. The Hall–Kier alpha value is 0.397. The fourth-order valence-corrected chi connectivity index (χ4v) is 0.294. The van der Waals surface area contributed by atoms with Crippen LogP contribution >= 0.6 is 0 Å². The maximum atomic E-state index is 3.52. The Morgan fingerprint density at radius 3 is 1.69 bits per heavy atom. The number of rotatable bonds is 3. The summed E-state index contributed by atoms with van der Waals surface area (Å²) in [7, 11) is 1.86. The summed E-state index contributed by atoms with van der Waals surface area (Å²) in [4.78, 5) is 0. The van der Waals surface area contributed by atoms with Crippen molar-refractivity contribution in [1.82, 2.24) is 5.32 Å². The molecule has 1 nitrogen and oxygen atoms in total. The quantitative estimate of drug-likeness (QED) is 0.558. The molecule has 0 aliphatic carbocycles. The van der Waals surface area contributed by atoms with Crippen molar-refractivity contribution < 1.29 is 42.1 Å². The van der Waals surface area contributed by atoms with E-state index in [-0.39, 0.29) is 64.4 Å². The zero-order chi connectivity index (χ0) is 6.24. The van der Waals surface area contributed by atoms with Gasteiger partial charge in [-0.05, 0) is 12.3 Å². The van der Waals surface area contributed by atoms with Crippen LogP contribution in [0.1, 0.15) is 22.3 Å². The summed E-state index contributed by atoms with van der Waals surface area (Å²) in [5, 5.41) is 2.86. The van der Waals surface area contributed by atoms with Gasteiger partial charge in [-0.15, -0.1) is 0 Å². The van der Waals surface area contributed by atoms with Gasteiger partial charge in [0.1, 0.15) is 0 Å². The first kappa shape index (κ1) is 37.6. The molecular weight excluding hydrogens is 502 g/mol. The summed E-state index contributed by atoms with van der Waals surface area (Å²) in [6.07, 6.45) is 9.26. The standard InChI is InChI=1S/C7H11N.3CH4.2W/c1-3-4-5-6-7-8-2;;;;;/h3-8H,1H2,2H3;3*1H4;;. The van der Waals surface area contributed by atoms with Gasteiger partial charge in [0.05, 0.1) is 0 Å². The maximum absolute atomic E-state index is 3.52. The zero-order valence-electron chi connectivity index (χ0n) is 5.91. The van der Waals surface area contributed by atoms with E-state index in [1.54, 1.807) is 6.08 Å². The first-order valence-electron chi connectivity index (χ1n) is 2.53. The molecular formula is C10H23NW2. The Labute approximate surface area is 113 Å². The van der Waals surface area contributed by atoms with E-state index in [0.717, 1.165) is 0 Å². The summed E-state index contributed by atoms with van der Waals surface area (Å²) in [5.74, 6) is 0. The van der Waals surface area contributed by atoms with Crippen LogP contribution in [0.3, 0.4) is 0 Å². The van der Waals surface area contributed by atoms with Crippen molar-refractivity contribution in [3.05, 3.63) is 37.1 Å². The van der Waals surface area contributed by atoms with Crippen LogP contribution in [0.4, 0.5) is 0 Å². The average molecular weight is 525 g/mol. The van der Waals surface area contributed by atoms with Gasteiger partial charge in [-0.1, -0.05) is 47.1 Å². The van der Waals surface area contributed by atoms with Crippen molar-refractivity contribution in [2.75, 3.05) is 7.05 Å². The minimum Gasteiger partial charge on any atom is -0.394 e. The van der Waals surface area contributed by atoms with Crippen molar-refractivity contribution in [3.63, 3.8) is 0 Å². The van der Waals surface area contributed by atoms with Crippen molar-refractivity contribution in [3.8, 4) is 0 Å².